The second kappa shape index (κ2) is 22.7. The molecule has 1 amide bonds. The van der Waals surface area contributed by atoms with Gasteiger partial charge in [-0.25, -0.2) is 18.8 Å². The first kappa shape index (κ1) is 42.3. The lowest BCUT2D eigenvalue weighted by Crippen LogP contribution is -2.43. The summed E-state index contributed by atoms with van der Waals surface area (Å²) >= 11 is 0. The molecule has 1 aliphatic rings. The van der Waals surface area contributed by atoms with Gasteiger partial charge in [0.15, 0.2) is 11.9 Å². The summed E-state index contributed by atoms with van der Waals surface area (Å²) in [5.74, 6) is 0.0258. The van der Waals surface area contributed by atoms with Gasteiger partial charge >= 0.3 is 13.4 Å². The van der Waals surface area contributed by atoms with E-state index < -0.39 is 44.1 Å². The SMILES string of the molecule is CC/C=C\C/C=C\C/C=C\C/C=C\C/C=C\CCCC(=O)NCCNP(=O)(OC[C@H]1O[C@@H](n2ccc(N)nc2=O)[C@](C)(F)[C@@H]1O)Oc1ccccc1. The molecule has 1 aromatic heterocycles. The topological polar surface area (TPSA) is 167 Å². The van der Waals surface area contributed by atoms with Crippen molar-refractivity contribution >= 4 is 19.5 Å². The van der Waals surface area contributed by atoms with Crippen LogP contribution in [0.5, 0.6) is 5.75 Å². The summed E-state index contributed by atoms with van der Waals surface area (Å²) in [6, 6.07) is 9.57. The van der Waals surface area contributed by atoms with E-state index in [1.165, 1.54) is 12.3 Å². The van der Waals surface area contributed by atoms with E-state index in [0.717, 1.165) is 50.0 Å². The number of amides is 1. The first-order valence-electron chi connectivity index (χ1n) is 17.7. The van der Waals surface area contributed by atoms with Crippen LogP contribution in [-0.4, -0.2) is 58.1 Å². The number of aliphatic hydroxyl groups is 1. The van der Waals surface area contributed by atoms with Gasteiger partial charge in [0.05, 0.1) is 6.61 Å². The summed E-state index contributed by atoms with van der Waals surface area (Å²) in [5, 5.41) is 16.2. The van der Waals surface area contributed by atoms with Crippen LogP contribution in [0, 0.1) is 0 Å². The summed E-state index contributed by atoms with van der Waals surface area (Å²) < 4.78 is 47.2. The molecule has 2 aromatic rings. The molecule has 5 atom stereocenters. The van der Waals surface area contributed by atoms with Crippen LogP contribution in [0.15, 0.2) is 108 Å². The molecule has 5 N–H and O–H groups in total. The van der Waals surface area contributed by atoms with Crippen LogP contribution in [-0.2, 0) is 18.6 Å². The van der Waals surface area contributed by atoms with Crippen LogP contribution < -0.4 is 26.4 Å². The highest BCUT2D eigenvalue weighted by Crippen LogP contribution is 2.46. The van der Waals surface area contributed by atoms with Gasteiger partial charge in [-0.3, -0.25) is 13.9 Å². The van der Waals surface area contributed by atoms with Crippen molar-refractivity contribution in [1.29, 1.82) is 0 Å². The first-order chi connectivity index (χ1) is 25.1. The fraction of sp³-hybridized carbons (Fsp3) is 0.447. The molecule has 0 saturated carbocycles. The fourth-order valence-corrected chi connectivity index (χ4v) is 6.42. The predicted octanol–water partition coefficient (Wildman–Crippen LogP) is 6.64. The number of rotatable bonds is 23. The average molecular weight is 742 g/mol. The lowest BCUT2D eigenvalue weighted by molar-refractivity contribution is -0.121. The number of halogens is 1. The van der Waals surface area contributed by atoms with Crippen molar-refractivity contribution in [3.05, 3.63) is 114 Å². The van der Waals surface area contributed by atoms with E-state index in [0.29, 0.717) is 12.8 Å². The third-order valence-electron chi connectivity index (χ3n) is 7.88. The minimum atomic E-state index is -4.12. The van der Waals surface area contributed by atoms with Gasteiger partial charge in [0, 0.05) is 25.7 Å². The molecule has 0 aliphatic carbocycles. The number of hydrogen-bond donors (Lipinski definition) is 4. The van der Waals surface area contributed by atoms with Crippen molar-refractivity contribution in [2.45, 2.75) is 89.3 Å². The Bertz CT molecular complexity index is 1630. The lowest BCUT2D eigenvalue weighted by atomic mass is 9.98. The third kappa shape index (κ3) is 14.8. The van der Waals surface area contributed by atoms with Crippen LogP contribution in [0.2, 0.25) is 0 Å². The summed E-state index contributed by atoms with van der Waals surface area (Å²) in [4.78, 5) is 28.3. The lowest BCUT2D eigenvalue weighted by Gasteiger charge is -2.25. The molecule has 1 saturated heterocycles. The second-order valence-electron chi connectivity index (χ2n) is 12.2. The number of nitrogen functional groups attached to an aromatic ring is 1. The van der Waals surface area contributed by atoms with Crippen LogP contribution in [0.1, 0.15) is 71.4 Å². The van der Waals surface area contributed by atoms with Gasteiger partial charge in [0.1, 0.15) is 23.8 Å². The van der Waals surface area contributed by atoms with Crippen molar-refractivity contribution in [3.63, 3.8) is 0 Å². The number of nitrogens with two attached hydrogens (primary N) is 1. The van der Waals surface area contributed by atoms with Gasteiger partial charge in [-0.15, -0.1) is 0 Å². The highest BCUT2D eigenvalue weighted by atomic mass is 31.2. The maximum absolute atomic E-state index is 15.6. The quantitative estimate of drug-likeness (QED) is 0.0551. The zero-order valence-corrected chi connectivity index (χ0v) is 30.9. The molecule has 12 nitrogen and oxygen atoms in total. The van der Waals surface area contributed by atoms with E-state index in [1.807, 2.05) is 0 Å². The van der Waals surface area contributed by atoms with E-state index in [1.54, 1.807) is 30.3 Å². The van der Waals surface area contributed by atoms with Crippen molar-refractivity contribution in [2.24, 2.45) is 0 Å². The number of allylic oxidation sites excluding steroid dienone is 10. The third-order valence-corrected chi connectivity index (χ3v) is 9.43. The molecular weight excluding hydrogens is 688 g/mol. The Labute approximate surface area is 305 Å². The maximum atomic E-state index is 15.6. The minimum absolute atomic E-state index is 0.0225. The average Bonchev–Trinajstić information content (AvgIpc) is 3.34. The van der Waals surface area contributed by atoms with Gasteiger partial charge in [-0.1, -0.05) is 85.9 Å². The van der Waals surface area contributed by atoms with Gasteiger partial charge in [0.25, 0.3) is 0 Å². The monoisotopic (exact) mass is 741 g/mol. The van der Waals surface area contributed by atoms with Gasteiger partial charge in [-0.2, -0.15) is 4.98 Å². The Balaban J connectivity index is 1.38. The van der Waals surface area contributed by atoms with Crippen molar-refractivity contribution in [3.8, 4) is 5.75 Å². The number of hydrogen-bond acceptors (Lipinski definition) is 9. The second-order valence-corrected chi connectivity index (χ2v) is 14.0. The molecular formula is C38H53FN5O7P. The van der Waals surface area contributed by atoms with Gasteiger partial charge < -0.3 is 25.4 Å². The normalized spacial score (nSPS) is 22.0. The standard InChI is InChI=1S/C38H53FN5O7P/c1-3-4-5-6-7-8-9-10-11-12-13-14-15-16-17-18-22-25-34(45)41-27-28-42-52(48,51-31-23-20-19-21-24-31)49-30-32-35(46)38(2,39)36(50-32)44-29-26-33(40)43-37(44)47/h4-5,7-8,10-11,13-14,16-17,19-21,23-24,26,29,32,35-36,46H,3,6,9,12,15,18,22,25,27-28,30H2,1-2H3,(H,41,45)(H,42,48)(H2,40,43,47)/b5-4-,8-7-,11-10-,14-13-,17-16-/t32-,35-,36-,38-,52?/m1/s1. The summed E-state index contributed by atoms with van der Waals surface area (Å²) in [5.41, 5.74) is 2.25. The zero-order chi connectivity index (χ0) is 37.7. The largest absolute Gasteiger partial charge is 0.458 e. The van der Waals surface area contributed by atoms with E-state index in [9.17, 15) is 19.3 Å². The Kier molecular flexibility index (Phi) is 18.5. The Hall–Kier alpha value is -4.13. The fourth-order valence-electron chi connectivity index (χ4n) is 5.08. The molecule has 0 bridgehead atoms. The number of nitrogens with one attached hydrogen (secondary N) is 2. The molecule has 52 heavy (non-hydrogen) atoms. The molecule has 1 unspecified atom stereocenters. The number of aromatic nitrogens is 2. The summed E-state index contributed by atoms with van der Waals surface area (Å²) in [7, 11) is -4.12. The predicted molar refractivity (Wildman–Crippen MR) is 202 cm³/mol. The highest BCUT2D eigenvalue weighted by molar-refractivity contribution is 7.52. The molecule has 0 radical (unpaired) electrons. The number of ether oxygens (including phenoxy) is 1. The van der Waals surface area contributed by atoms with Crippen molar-refractivity contribution in [1.82, 2.24) is 20.0 Å². The Morgan fingerprint density at radius 3 is 2.25 bits per heavy atom. The molecule has 284 valence electrons. The van der Waals surface area contributed by atoms with Gasteiger partial charge in [0.2, 0.25) is 5.91 Å². The van der Waals surface area contributed by atoms with E-state index in [-0.39, 0.29) is 30.6 Å². The number of anilines is 1. The first-order valence-corrected chi connectivity index (χ1v) is 19.2. The number of para-hydroxylation sites is 1. The zero-order valence-electron chi connectivity index (χ0n) is 30.0. The molecule has 0 spiro atoms. The van der Waals surface area contributed by atoms with E-state index in [4.69, 9.17) is 19.5 Å². The van der Waals surface area contributed by atoms with Crippen LogP contribution in [0.4, 0.5) is 10.2 Å². The van der Waals surface area contributed by atoms with E-state index >= 15 is 4.39 Å². The highest BCUT2D eigenvalue weighted by Gasteiger charge is 2.55. The number of benzene rings is 1. The Morgan fingerprint density at radius 1 is 1.02 bits per heavy atom. The number of unbranched alkanes of at least 4 members (excludes halogenated alkanes) is 1. The number of nitrogens with zero attached hydrogens (tertiary/aromatic N) is 2. The molecule has 1 aliphatic heterocycles. The molecule has 14 heteroatoms. The number of aliphatic hydroxyl groups excluding tert-OH is 1. The summed E-state index contributed by atoms with van der Waals surface area (Å²) in [6.07, 6.45) is 24.5. The molecule has 3 rings (SSSR count). The Morgan fingerprint density at radius 2 is 1.63 bits per heavy atom. The summed E-state index contributed by atoms with van der Waals surface area (Å²) in [6.45, 7) is 2.81. The molecule has 1 fully saturated rings. The van der Waals surface area contributed by atoms with E-state index in [2.05, 4.69) is 83.1 Å². The maximum Gasteiger partial charge on any atom is 0.458 e. The van der Waals surface area contributed by atoms with Gasteiger partial charge in [-0.05, 0) is 70.1 Å². The van der Waals surface area contributed by atoms with Crippen LogP contribution in [0.25, 0.3) is 0 Å². The number of carbonyl (C=O) groups excluding carboxylic acids is 1. The minimum Gasteiger partial charge on any atom is -0.413 e. The number of alkyl halides is 1. The van der Waals surface area contributed by atoms with Crippen molar-refractivity contribution in [2.75, 3.05) is 25.4 Å². The molecule has 1 aromatic carbocycles. The molecule has 2 heterocycles. The smallest absolute Gasteiger partial charge is 0.413 e. The van der Waals surface area contributed by atoms with Crippen molar-refractivity contribution < 1.29 is 32.6 Å². The van der Waals surface area contributed by atoms with Crippen LogP contribution in [0.3, 0.4) is 0 Å². The van der Waals surface area contributed by atoms with Crippen LogP contribution >= 0.6 is 7.75 Å². The number of carbonyl (C=O) groups is 1.